The zero-order chi connectivity index (χ0) is 23.2. The highest BCUT2D eigenvalue weighted by atomic mass is 16.4. The van der Waals surface area contributed by atoms with Crippen molar-refractivity contribution in [1.29, 1.82) is 0 Å². The number of hydrogen-bond donors (Lipinski definition) is 3. The number of aromatic nitrogens is 2. The van der Waals surface area contributed by atoms with E-state index in [1.165, 1.54) is 4.90 Å². The Kier molecular flexibility index (Phi) is 6.87. The number of amides is 2. The SMILES string of the molecule is O=C([O-])CC1CCN(CC(=O)NCCCNc2nc3ccccc3[nH]2)C(=O)c2ccccc21. The van der Waals surface area contributed by atoms with E-state index in [0.29, 0.717) is 49.6 Å². The minimum atomic E-state index is -1.15. The lowest BCUT2D eigenvalue weighted by atomic mass is 9.90. The van der Waals surface area contributed by atoms with Crippen LogP contribution in [0.3, 0.4) is 0 Å². The van der Waals surface area contributed by atoms with Gasteiger partial charge in [-0.1, -0.05) is 30.3 Å². The molecule has 172 valence electrons. The van der Waals surface area contributed by atoms with Gasteiger partial charge in [-0.2, -0.15) is 0 Å². The van der Waals surface area contributed by atoms with Gasteiger partial charge in [0.2, 0.25) is 11.9 Å². The van der Waals surface area contributed by atoms with Gasteiger partial charge in [0.05, 0.1) is 17.6 Å². The summed E-state index contributed by atoms with van der Waals surface area (Å²) in [5.74, 6) is -1.28. The first-order chi connectivity index (χ1) is 16.0. The number of nitrogens with one attached hydrogen (secondary N) is 3. The van der Waals surface area contributed by atoms with Crippen molar-refractivity contribution in [2.24, 2.45) is 0 Å². The number of carboxylic acid groups (broad SMARTS) is 1. The smallest absolute Gasteiger partial charge is 0.254 e. The Balaban J connectivity index is 1.26. The van der Waals surface area contributed by atoms with Crippen molar-refractivity contribution >= 4 is 34.8 Å². The van der Waals surface area contributed by atoms with Gasteiger partial charge in [0.1, 0.15) is 0 Å². The molecule has 2 aromatic carbocycles. The first kappa shape index (κ1) is 22.3. The fourth-order valence-electron chi connectivity index (χ4n) is 4.14. The Morgan fingerprint density at radius 1 is 1.12 bits per heavy atom. The third-order valence-electron chi connectivity index (χ3n) is 5.77. The van der Waals surface area contributed by atoms with Crippen LogP contribution in [-0.4, -0.2) is 58.8 Å². The molecule has 0 bridgehead atoms. The fraction of sp³-hybridized carbons (Fsp3) is 0.333. The maximum atomic E-state index is 13.0. The number of rotatable bonds is 9. The first-order valence-corrected chi connectivity index (χ1v) is 11.0. The summed E-state index contributed by atoms with van der Waals surface area (Å²) in [6.07, 6.45) is 1.00. The number of fused-ring (bicyclic) bond motifs is 2. The molecular formula is C24H26N5O4-. The van der Waals surface area contributed by atoms with Crippen LogP contribution < -0.4 is 15.7 Å². The van der Waals surface area contributed by atoms with Gasteiger partial charge in [0, 0.05) is 31.2 Å². The molecule has 9 nitrogen and oxygen atoms in total. The predicted molar refractivity (Wildman–Crippen MR) is 122 cm³/mol. The van der Waals surface area contributed by atoms with Gasteiger partial charge >= 0.3 is 0 Å². The third-order valence-corrected chi connectivity index (χ3v) is 5.77. The lowest BCUT2D eigenvalue weighted by Gasteiger charge is -2.20. The monoisotopic (exact) mass is 448 g/mol. The van der Waals surface area contributed by atoms with Gasteiger partial charge in [-0.15, -0.1) is 0 Å². The second kappa shape index (κ2) is 10.2. The number of benzene rings is 2. The van der Waals surface area contributed by atoms with E-state index < -0.39 is 5.97 Å². The van der Waals surface area contributed by atoms with Gasteiger partial charge in [0.15, 0.2) is 0 Å². The largest absolute Gasteiger partial charge is 0.550 e. The van der Waals surface area contributed by atoms with Gasteiger partial charge < -0.3 is 30.4 Å². The van der Waals surface area contributed by atoms with Crippen molar-refractivity contribution < 1.29 is 19.5 Å². The maximum absolute atomic E-state index is 13.0. The quantitative estimate of drug-likeness (QED) is 0.423. The number of nitrogens with zero attached hydrogens (tertiary/aromatic N) is 2. The number of aliphatic carboxylic acids is 1. The van der Waals surface area contributed by atoms with Gasteiger partial charge in [-0.25, -0.2) is 4.98 Å². The van der Waals surface area contributed by atoms with Crippen LogP contribution in [0.25, 0.3) is 11.0 Å². The van der Waals surface area contributed by atoms with E-state index in [2.05, 4.69) is 20.6 Å². The molecule has 2 heterocycles. The van der Waals surface area contributed by atoms with Crippen LogP contribution in [0.5, 0.6) is 0 Å². The average molecular weight is 449 g/mol. The molecule has 0 aliphatic carbocycles. The number of aromatic amines is 1. The van der Waals surface area contributed by atoms with Crippen LogP contribution in [0.1, 0.15) is 41.1 Å². The summed E-state index contributed by atoms with van der Waals surface area (Å²) in [7, 11) is 0. The van der Waals surface area contributed by atoms with Gasteiger partial charge in [-0.3, -0.25) is 9.59 Å². The molecular weight excluding hydrogens is 422 g/mol. The van der Waals surface area contributed by atoms with E-state index in [1.807, 2.05) is 24.3 Å². The van der Waals surface area contributed by atoms with Crippen LogP contribution in [-0.2, 0) is 9.59 Å². The zero-order valence-corrected chi connectivity index (χ0v) is 18.2. The van der Waals surface area contributed by atoms with E-state index in [1.54, 1.807) is 24.3 Å². The average Bonchev–Trinajstić information content (AvgIpc) is 3.17. The van der Waals surface area contributed by atoms with Crippen molar-refractivity contribution in [1.82, 2.24) is 20.2 Å². The molecule has 0 spiro atoms. The topological polar surface area (TPSA) is 130 Å². The Hall–Kier alpha value is -3.88. The van der Waals surface area contributed by atoms with Crippen LogP contribution in [0.4, 0.5) is 5.95 Å². The molecule has 1 unspecified atom stereocenters. The molecule has 2 amide bonds. The molecule has 9 heteroatoms. The Bertz CT molecular complexity index is 1130. The molecule has 0 fully saturated rings. The molecule has 0 saturated heterocycles. The molecule has 0 saturated carbocycles. The number of anilines is 1. The van der Waals surface area contributed by atoms with Gasteiger partial charge in [-0.05, 0) is 48.9 Å². The molecule has 1 aromatic heterocycles. The second-order valence-corrected chi connectivity index (χ2v) is 8.11. The highest BCUT2D eigenvalue weighted by molar-refractivity contribution is 5.98. The first-order valence-electron chi connectivity index (χ1n) is 11.0. The predicted octanol–water partition coefficient (Wildman–Crippen LogP) is 1.25. The lowest BCUT2D eigenvalue weighted by molar-refractivity contribution is -0.306. The summed E-state index contributed by atoms with van der Waals surface area (Å²) >= 11 is 0. The molecule has 1 atom stereocenters. The zero-order valence-electron chi connectivity index (χ0n) is 18.2. The summed E-state index contributed by atoms with van der Waals surface area (Å²) in [5, 5.41) is 17.2. The van der Waals surface area contributed by atoms with Crippen molar-refractivity contribution in [2.75, 3.05) is 31.5 Å². The number of imidazole rings is 1. The summed E-state index contributed by atoms with van der Waals surface area (Å²) < 4.78 is 0. The third kappa shape index (κ3) is 5.49. The standard InChI is InChI=1S/C24H27N5O4/c30-21(25-11-5-12-26-24-27-19-8-3-4-9-20(19)28-24)15-29-13-10-16(14-22(31)32)17-6-1-2-7-18(17)23(29)33/h1-4,6-9,16H,5,10-15H2,(H,25,30)(H,31,32)(H2,26,27,28)/p-1. The molecule has 3 N–H and O–H groups in total. The summed E-state index contributed by atoms with van der Waals surface area (Å²) in [5.41, 5.74) is 2.99. The summed E-state index contributed by atoms with van der Waals surface area (Å²) in [6, 6.07) is 14.7. The van der Waals surface area contributed by atoms with E-state index in [9.17, 15) is 19.5 Å². The van der Waals surface area contributed by atoms with Crippen molar-refractivity contribution in [3.8, 4) is 0 Å². The maximum Gasteiger partial charge on any atom is 0.254 e. The number of carbonyl (C=O) groups is 3. The number of carboxylic acids is 1. The highest BCUT2D eigenvalue weighted by Crippen LogP contribution is 2.30. The molecule has 1 aliphatic rings. The molecule has 1 aliphatic heterocycles. The number of para-hydroxylation sites is 2. The molecule has 3 aromatic rings. The number of hydrogen-bond acceptors (Lipinski definition) is 6. The second-order valence-electron chi connectivity index (χ2n) is 8.11. The molecule has 33 heavy (non-hydrogen) atoms. The van der Waals surface area contributed by atoms with E-state index in [0.717, 1.165) is 11.0 Å². The fourth-order valence-corrected chi connectivity index (χ4v) is 4.14. The van der Waals surface area contributed by atoms with E-state index in [-0.39, 0.29) is 30.7 Å². The van der Waals surface area contributed by atoms with Crippen LogP contribution >= 0.6 is 0 Å². The lowest BCUT2D eigenvalue weighted by Crippen LogP contribution is -2.41. The Morgan fingerprint density at radius 2 is 1.91 bits per heavy atom. The summed E-state index contributed by atoms with van der Waals surface area (Å²) in [4.78, 5) is 45.7. The highest BCUT2D eigenvalue weighted by Gasteiger charge is 2.28. The van der Waals surface area contributed by atoms with E-state index in [4.69, 9.17) is 0 Å². The molecule has 0 radical (unpaired) electrons. The summed E-state index contributed by atoms with van der Waals surface area (Å²) in [6.45, 7) is 1.33. The normalized spacial score (nSPS) is 15.7. The van der Waals surface area contributed by atoms with Crippen molar-refractivity contribution in [3.63, 3.8) is 0 Å². The van der Waals surface area contributed by atoms with Crippen LogP contribution in [0.15, 0.2) is 48.5 Å². The van der Waals surface area contributed by atoms with Crippen LogP contribution in [0.2, 0.25) is 0 Å². The van der Waals surface area contributed by atoms with Gasteiger partial charge in [0.25, 0.3) is 5.91 Å². The van der Waals surface area contributed by atoms with Crippen LogP contribution in [0, 0.1) is 0 Å². The minimum absolute atomic E-state index is 0.0673. The minimum Gasteiger partial charge on any atom is -0.550 e. The van der Waals surface area contributed by atoms with Crippen molar-refractivity contribution in [3.05, 3.63) is 59.7 Å². The number of H-pyrrole nitrogens is 1. The van der Waals surface area contributed by atoms with Crippen molar-refractivity contribution in [2.45, 2.75) is 25.2 Å². The Morgan fingerprint density at radius 3 is 2.73 bits per heavy atom. The Labute approximate surface area is 191 Å². The number of carbonyl (C=O) groups excluding carboxylic acids is 3. The molecule has 4 rings (SSSR count). The van der Waals surface area contributed by atoms with E-state index >= 15 is 0 Å².